The minimum atomic E-state index is -0.720. The van der Waals surface area contributed by atoms with E-state index in [-0.39, 0.29) is 24.7 Å². The van der Waals surface area contributed by atoms with Gasteiger partial charge in [-0.25, -0.2) is 24.2 Å². The zero-order chi connectivity index (χ0) is 30.5. The molecular formula is C32H44N6O5. The van der Waals surface area contributed by atoms with Gasteiger partial charge < -0.3 is 14.2 Å². The van der Waals surface area contributed by atoms with Crippen molar-refractivity contribution in [3.8, 4) is 11.3 Å². The molecule has 3 aromatic rings. The Labute approximate surface area is 252 Å². The predicted octanol–water partition coefficient (Wildman–Crippen LogP) is 6.99. The van der Waals surface area contributed by atoms with Crippen LogP contribution in [-0.2, 0) is 14.2 Å². The van der Waals surface area contributed by atoms with Crippen molar-refractivity contribution in [2.24, 2.45) is 5.92 Å². The smallest absolute Gasteiger partial charge is 0.419 e. The molecule has 3 aliphatic rings. The Hall–Kier alpha value is -3.47. The Morgan fingerprint density at radius 1 is 1.00 bits per heavy atom. The predicted molar refractivity (Wildman–Crippen MR) is 160 cm³/mol. The van der Waals surface area contributed by atoms with Crippen LogP contribution >= 0.6 is 0 Å². The summed E-state index contributed by atoms with van der Waals surface area (Å²) in [6.45, 7) is 11.7. The van der Waals surface area contributed by atoms with Gasteiger partial charge in [0.15, 0.2) is 11.9 Å². The molecule has 1 unspecified atom stereocenters. The van der Waals surface area contributed by atoms with Gasteiger partial charge in [0.1, 0.15) is 11.2 Å². The number of fused-ring (bicyclic) bond motifs is 1. The lowest BCUT2D eigenvalue weighted by Crippen LogP contribution is -2.47. The molecule has 3 fully saturated rings. The Morgan fingerprint density at radius 2 is 1.70 bits per heavy atom. The molecule has 3 aromatic heterocycles. The average Bonchev–Trinajstić information content (AvgIpc) is 3.51. The fourth-order valence-electron chi connectivity index (χ4n) is 5.83. The number of imide groups is 1. The van der Waals surface area contributed by atoms with Crippen molar-refractivity contribution in [1.29, 1.82) is 0 Å². The molecule has 43 heavy (non-hydrogen) atoms. The first-order valence-electron chi connectivity index (χ1n) is 15.6. The number of aromatic nitrogens is 5. The van der Waals surface area contributed by atoms with Crippen LogP contribution < -0.4 is 0 Å². The van der Waals surface area contributed by atoms with Crippen molar-refractivity contribution in [2.75, 3.05) is 13.2 Å². The van der Waals surface area contributed by atoms with Gasteiger partial charge >= 0.3 is 12.2 Å². The third-order valence-electron chi connectivity index (χ3n) is 8.13. The van der Waals surface area contributed by atoms with E-state index >= 15 is 0 Å². The van der Waals surface area contributed by atoms with Crippen molar-refractivity contribution < 1.29 is 23.8 Å². The first-order chi connectivity index (χ1) is 20.3. The number of nitrogens with zero attached hydrogens (tertiary/aromatic N) is 6. The van der Waals surface area contributed by atoms with Crippen LogP contribution in [0.4, 0.5) is 9.59 Å². The maximum Gasteiger partial charge on any atom is 0.419 e. The van der Waals surface area contributed by atoms with Crippen LogP contribution in [0.3, 0.4) is 0 Å². The van der Waals surface area contributed by atoms with E-state index in [4.69, 9.17) is 24.3 Å². The number of carbonyl (C=O) groups is 2. The SMILES string of the molecule is CC(C)(C)OC(=O)N(CC1CC(n2cc(-c3ccc4cnn(C5CCCCO5)c4n3)c(C3CC3)n2)C1)C(=O)OC(C)(C)C. The summed E-state index contributed by atoms with van der Waals surface area (Å²) in [6, 6.07) is 4.33. The van der Waals surface area contributed by atoms with Crippen LogP contribution in [0.25, 0.3) is 22.3 Å². The summed E-state index contributed by atoms with van der Waals surface area (Å²) in [6.07, 6.45) is 9.56. The number of amides is 2. The summed E-state index contributed by atoms with van der Waals surface area (Å²) in [4.78, 5) is 32.1. The highest BCUT2D eigenvalue weighted by Crippen LogP contribution is 2.46. The van der Waals surface area contributed by atoms with E-state index in [0.29, 0.717) is 5.92 Å². The second kappa shape index (κ2) is 11.2. The Balaban J connectivity index is 1.19. The lowest BCUT2D eigenvalue weighted by atomic mass is 9.80. The van der Waals surface area contributed by atoms with Gasteiger partial charge in [-0.05, 0) is 105 Å². The minimum Gasteiger partial charge on any atom is -0.443 e. The fraction of sp³-hybridized carbons (Fsp3) is 0.656. The maximum absolute atomic E-state index is 13.0. The van der Waals surface area contributed by atoms with Gasteiger partial charge in [-0.1, -0.05) is 0 Å². The van der Waals surface area contributed by atoms with Gasteiger partial charge in [0, 0.05) is 36.2 Å². The third-order valence-corrected chi connectivity index (χ3v) is 8.13. The lowest BCUT2D eigenvalue weighted by Gasteiger charge is -2.38. The number of hydrogen-bond acceptors (Lipinski definition) is 8. The molecule has 2 saturated carbocycles. The third kappa shape index (κ3) is 6.71. The van der Waals surface area contributed by atoms with Gasteiger partial charge in [0.25, 0.3) is 0 Å². The summed E-state index contributed by atoms with van der Waals surface area (Å²) in [5.41, 5.74) is 2.46. The molecule has 11 nitrogen and oxygen atoms in total. The van der Waals surface area contributed by atoms with Crippen molar-refractivity contribution >= 4 is 23.2 Å². The van der Waals surface area contributed by atoms with Gasteiger partial charge in [-0.3, -0.25) is 4.68 Å². The van der Waals surface area contributed by atoms with E-state index in [2.05, 4.69) is 28.1 Å². The quantitative estimate of drug-likeness (QED) is 0.301. The molecule has 0 radical (unpaired) electrons. The molecule has 0 bridgehead atoms. The van der Waals surface area contributed by atoms with E-state index in [1.807, 2.05) is 10.9 Å². The van der Waals surface area contributed by atoms with Crippen molar-refractivity contribution in [1.82, 2.24) is 29.4 Å². The van der Waals surface area contributed by atoms with Crippen molar-refractivity contribution in [3.63, 3.8) is 0 Å². The molecule has 4 heterocycles. The van der Waals surface area contributed by atoms with Gasteiger partial charge in [0.2, 0.25) is 0 Å². The molecule has 0 N–H and O–H groups in total. The van der Waals surface area contributed by atoms with Crippen molar-refractivity contribution in [3.05, 3.63) is 30.2 Å². The molecule has 1 saturated heterocycles. The van der Waals surface area contributed by atoms with E-state index in [9.17, 15) is 9.59 Å². The Kier molecular flexibility index (Phi) is 7.73. The zero-order valence-corrected chi connectivity index (χ0v) is 26.2. The number of pyridine rings is 1. The van der Waals surface area contributed by atoms with Crippen LogP contribution in [0.2, 0.25) is 0 Å². The van der Waals surface area contributed by atoms with Crippen LogP contribution in [-0.4, -0.2) is 66.0 Å². The monoisotopic (exact) mass is 592 g/mol. The van der Waals surface area contributed by atoms with Crippen LogP contribution in [0.5, 0.6) is 0 Å². The standard InChI is InChI=1S/C32H44N6O5/c1-31(2,3)42-29(39)36(30(40)43-32(4,5)6)18-20-15-23(16-20)37-19-24(27(35-37)21-10-11-21)25-13-12-22-17-33-38(28(22)34-25)26-9-7-8-14-41-26/h12-13,17,19-21,23,26H,7-11,14-16,18H2,1-6H3. The number of rotatable bonds is 6. The molecule has 2 aliphatic carbocycles. The second-order valence-electron chi connectivity index (χ2n) is 14.3. The van der Waals surface area contributed by atoms with E-state index in [1.54, 1.807) is 41.5 Å². The van der Waals surface area contributed by atoms with E-state index in [1.165, 1.54) is 0 Å². The molecule has 232 valence electrons. The highest BCUT2D eigenvalue weighted by atomic mass is 16.6. The molecule has 1 atom stereocenters. The van der Waals surface area contributed by atoms with Gasteiger partial charge in [-0.15, -0.1) is 0 Å². The first-order valence-corrected chi connectivity index (χ1v) is 15.6. The summed E-state index contributed by atoms with van der Waals surface area (Å²) in [5.74, 6) is 0.576. The summed E-state index contributed by atoms with van der Waals surface area (Å²) >= 11 is 0. The normalized spacial score (nSPS) is 22.7. The summed E-state index contributed by atoms with van der Waals surface area (Å²) in [5, 5.41) is 10.7. The molecular weight excluding hydrogens is 548 g/mol. The number of carbonyl (C=O) groups excluding carboxylic acids is 2. The second-order valence-corrected chi connectivity index (χ2v) is 14.3. The summed E-state index contributed by atoms with van der Waals surface area (Å²) < 4.78 is 21.1. The first kappa shape index (κ1) is 29.6. The lowest BCUT2D eigenvalue weighted by molar-refractivity contribution is -0.0370. The van der Waals surface area contributed by atoms with Crippen LogP contribution in [0.15, 0.2) is 24.5 Å². The van der Waals surface area contributed by atoms with Gasteiger partial charge in [-0.2, -0.15) is 10.2 Å². The van der Waals surface area contributed by atoms with E-state index < -0.39 is 23.4 Å². The number of hydrogen-bond donors (Lipinski definition) is 0. The molecule has 11 heteroatoms. The van der Waals surface area contributed by atoms with Crippen LogP contribution in [0, 0.1) is 5.92 Å². The highest BCUT2D eigenvalue weighted by molar-refractivity contribution is 5.88. The Morgan fingerprint density at radius 3 is 2.30 bits per heavy atom. The molecule has 0 spiro atoms. The van der Waals surface area contributed by atoms with Crippen molar-refractivity contribution in [2.45, 2.75) is 116 Å². The van der Waals surface area contributed by atoms with Crippen LogP contribution in [0.1, 0.15) is 110 Å². The Bertz CT molecular complexity index is 1450. The molecule has 1 aliphatic heterocycles. The van der Waals surface area contributed by atoms with Gasteiger partial charge in [0.05, 0.1) is 23.6 Å². The topological polar surface area (TPSA) is 114 Å². The molecule has 2 amide bonds. The average molecular weight is 593 g/mol. The fourth-order valence-corrected chi connectivity index (χ4v) is 5.83. The zero-order valence-electron chi connectivity index (χ0n) is 26.2. The minimum absolute atomic E-state index is 0.0764. The summed E-state index contributed by atoms with van der Waals surface area (Å²) in [7, 11) is 0. The highest BCUT2D eigenvalue weighted by Gasteiger charge is 2.39. The van der Waals surface area contributed by atoms with E-state index in [0.717, 1.165) is 84.4 Å². The molecule has 0 aromatic carbocycles. The largest absolute Gasteiger partial charge is 0.443 e. The number of ether oxygens (including phenoxy) is 3. The maximum atomic E-state index is 13.0. The molecule has 6 rings (SSSR count).